The van der Waals surface area contributed by atoms with Gasteiger partial charge in [0.1, 0.15) is 6.54 Å². The number of nitrogen functional groups attached to an aromatic ring is 1. The second-order valence-electron chi connectivity index (χ2n) is 5.12. The Morgan fingerprint density at radius 1 is 1.33 bits per heavy atom. The van der Waals surface area contributed by atoms with Crippen molar-refractivity contribution in [2.75, 3.05) is 12.3 Å². The lowest BCUT2D eigenvalue weighted by molar-refractivity contribution is -0.137. The van der Waals surface area contributed by atoms with E-state index in [4.69, 9.17) is 5.73 Å². The van der Waals surface area contributed by atoms with Crippen LogP contribution in [-0.4, -0.2) is 31.5 Å². The zero-order chi connectivity index (χ0) is 15.8. The van der Waals surface area contributed by atoms with Gasteiger partial charge in [-0.15, -0.1) is 0 Å². The molecule has 2 rings (SSSR count). The standard InChI is InChI=1S/C13H17F3N2O2S/c1-2-9-3-4-10(17)7-12(9)21(19,20)18(11-5-6-11)8-13(14,15)16/h3-4,7,11H,2,5-6,8,17H2,1H3. The number of anilines is 1. The average molecular weight is 322 g/mol. The smallest absolute Gasteiger partial charge is 0.399 e. The topological polar surface area (TPSA) is 63.4 Å². The molecule has 0 amide bonds. The number of sulfonamides is 1. The Kier molecular flexibility index (Phi) is 4.21. The van der Waals surface area contributed by atoms with Crippen LogP contribution in [0.25, 0.3) is 0 Å². The summed E-state index contributed by atoms with van der Waals surface area (Å²) in [5, 5.41) is 0. The highest BCUT2D eigenvalue weighted by atomic mass is 32.2. The number of nitrogens with zero attached hydrogens (tertiary/aromatic N) is 1. The number of hydrogen-bond acceptors (Lipinski definition) is 3. The van der Waals surface area contributed by atoms with Crippen LogP contribution in [0.15, 0.2) is 23.1 Å². The van der Waals surface area contributed by atoms with Crippen molar-refractivity contribution in [1.82, 2.24) is 4.31 Å². The highest BCUT2D eigenvalue weighted by Crippen LogP contribution is 2.36. The first kappa shape index (κ1) is 16.1. The monoisotopic (exact) mass is 322 g/mol. The molecule has 4 nitrogen and oxygen atoms in total. The number of halogens is 3. The van der Waals surface area contributed by atoms with Crippen molar-refractivity contribution in [2.45, 2.75) is 43.3 Å². The van der Waals surface area contributed by atoms with Gasteiger partial charge < -0.3 is 5.73 Å². The maximum Gasteiger partial charge on any atom is 0.402 e. The van der Waals surface area contributed by atoms with Crippen molar-refractivity contribution in [2.24, 2.45) is 0 Å². The van der Waals surface area contributed by atoms with Gasteiger partial charge in [0.15, 0.2) is 0 Å². The minimum absolute atomic E-state index is 0.124. The highest BCUT2D eigenvalue weighted by molar-refractivity contribution is 7.89. The molecule has 0 aliphatic heterocycles. The fraction of sp³-hybridized carbons (Fsp3) is 0.538. The fourth-order valence-corrected chi connectivity index (χ4v) is 4.18. The van der Waals surface area contributed by atoms with Crippen LogP contribution < -0.4 is 5.73 Å². The number of rotatable bonds is 5. The molecule has 21 heavy (non-hydrogen) atoms. The molecule has 1 aliphatic carbocycles. The van der Waals surface area contributed by atoms with Crippen LogP contribution in [0, 0.1) is 0 Å². The molecule has 1 aromatic carbocycles. The summed E-state index contributed by atoms with van der Waals surface area (Å²) in [6.07, 6.45) is -3.25. The Hall–Kier alpha value is -1.28. The first-order valence-corrected chi connectivity index (χ1v) is 8.06. The maximum absolute atomic E-state index is 12.7. The molecule has 0 atom stereocenters. The van der Waals surface area contributed by atoms with E-state index in [-0.39, 0.29) is 10.6 Å². The first-order chi connectivity index (χ1) is 9.65. The lowest BCUT2D eigenvalue weighted by atomic mass is 10.1. The fourth-order valence-electron chi connectivity index (χ4n) is 2.18. The lowest BCUT2D eigenvalue weighted by Crippen LogP contribution is -2.40. The van der Waals surface area contributed by atoms with Crippen molar-refractivity contribution in [3.05, 3.63) is 23.8 Å². The number of hydrogen-bond donors (Lipinski definition) is 1. The Balaban J connectivity index is 2.46. The third-order valence-electron chi connectivity index (χ3n) is 3.35. The molecule has 0 spiro atoms. The van der Waals surface area contributed by atoms with Gasteiger partial charge in [0, 0.05) is 11.7 Å². The van der Waals surface area contributed by atoms with Crippen LogP contribution in [0.4, 0.5) is 18.9 Å². The van der Waals surface area contributed by atoms with E-state index in [1.165, 1.54) is 6.07 Å². The Morgan fingerprint density at radius 3 is 2.43 bits per heavy atom. The quantitative estimate of drug-likeness (QED) is 0.847. The van der Waals surface area contributed by atoms with Crippen molar-refractivity contribution in [3.63, 3.8) is 0 Å². The van der Waals surface area contributed by atoms with Gasteiger partial charge in [0.2, 0.25) is 10.0 Å². The van der Waals surface area contributed by atoms with Crippen LogP contribution in [0.5, 0.6) is 0 Å². The molecule has 1 fully saturated rings. The molecule has 0 aromatic heterocycles. The molecule has 0 radical (unpaired) electrons. The van der Waals surface area contributed by atoms with Crippen molar-refractivity contribution < 1.29 is 21.6 Å². The Labute approximate surface area is 121 Å². The molecule has 0 heterocycles. The van der Waals surface area contributed by atoms with E-state index in [0.29, 0.717) is 29.1 Å². The van der Waals surface area contributed by atoms with Gasteiger partial charge >= 0.3 is 6.18 Å². The van der Waals surface area contributed by atoms with Gasteiger partial charge in [-0.2, -0.15) is 17.5 Å². The van der Waals surface area contributed by atoms with Crippen molar-refractivity contribution in [3.8, 4) is 0 Å². The van der Waals surface area contributed by atoms with Crippen LogP contribution in [-0.2, 0) is 16.4 Å². The van der Waals surface area contributed by atoms with E-state index in [1.807, 2.05) is 0 Å². The SMILES string of the molecule is CCc1ccc(N)cc1S(=O)(=O)N(CC(F)(F)F)C1CC1. The van der Waals surface area contributed by atoms with Crippen LogP contribution in [0.3, 0.4) is 0 Å². The zero-order valence-corrected chi connectivity index (χ0v) is 12.3. The molecular weight excluding hydrogens is 305 g/mol. The first-order valence-electron chi connectivity index (χ1n) is 6.62. The van der Waals surface area contributed by atoms with E-state index in [0.717, 1.165) is 0 Å². The molecule has 0 unspecified atom stereocenters. The van der Waals surface area contributed by atoms with Gasteiger partial charge in [-0.25, -0.2) is 8.42 Å². The van der Waals surface area contributed by atoms with Crippen molar-refractivity contribution in [1.29, 1.82) is 0 Å². The highest BCUT2D eigenvalue weighted by Gasteiger charge is 2.45. The van der Waals surface area contributed by atoms with Crippen LogP contribution in [0.2, 0.25) is 0 Å². The summed E-state index contributed by atoms with van der Waals surface area (Å²) in [4.78, 5) is -0.124. The summed E-state index contributed by atoms with van der Waals surface area (Å²) in [5.74, 6) is 0. The number of benzene rings is 1. The van der Waals surface area contributed by atoms with E-state index < -0.39 is 28.8 Å². The molecule has 2 N–H and O–H groups in total. The summed E-state index contributed by atoms with van der Waals surface area (Å²) in [6.45, 7) is 0.285. The van der Waals surface area contributed by atoms with E-state index >= 15 is 0 Å². The van der Waals surface area contributed by atoms with Gasteiger partial charge in [-0.3, -0.25) is 0 Å². The average Bonchev–Trinajstić information content (AvgIpc) is 3.19. The molecule has 0 saturated heterocycles. The third-order valence-corrected chi connectivity index (χ3v) is 5.33. The minimum Gasteiger partial charge on any atom is -0.399 e. The predicted molar refractivity (Wildman–Crippen MR) is 73.2 cm³/mol. The predicted octanol–water partition coefficient (Wildman–Crippen LogP) is 2.55. The molecule has 8 heteroatoms. The summed E-state index contributed by atoms with van der Waals surface area (Å²) < 4.78 is 63.8. The van der Waals surface area contributed by atoms with E-state index in [2.05, 4.69) is 0 Å². The van der Waals surface area contributed by atoms with Crippen LogP contribution >= 0.6 is 0 Å². The number of alkyl halides is 3. The van der Waals surface area contributed by atoms with Gasteiger partial charge in [-0.05, 0) is 37.0 Å². The second kappa shape index (κ2) is 5.49. The Bertz CT molecular complexity index is 625. The second-order valence-corrected chi connectivity index (χ2v) is 6.98. The molecule has 118 valence electrons. The normalized spacial score (nSPS) is 16.4. The maximum atomic E-state index is 12.7. The number of aryl methyl sites for hydroxylation is 1. The van der Waals surface area contributed by atoms with Gasteiger partial charge in [-0.1, -0.05) is 13.0 Å². The molecule has 1 aromatic rings. The summed E-state index contributed by atoms with van der Waals surface area (Å²) >= 11 is 0. The van der Waals surface area contributed by atoms with E-state index in [1.54, 1.807) is 19.1 Å². The Morgan fingerprint density at radius 2 is 1.95 bits per heavy atom. The summed E-state index contributed by atoms with van der Waals surface area (Å²) in [6, 6.07) is 3.76. The molecule has 1 saturated carbocycles. The lowest BCUT2D eigenvalue weighted by Gasteiger charge is -2.24. The van der Waals surface area contributed by atoms with Crippen molar-refractivity contribution >= 4 is 15.7 Å². The molecule has 1 aliphatic rings. The summed E-state index contributed by atoms with van der Waals surface area (Å²) in [5.41, 5.74) is 6.28. The summed E-state index contributed by atoms with van der Waals surface area (Å²) in [7, 11) is -4.20. The third kappa shape index (κ3) is 3.68. The largest absolute Gasteiger partial charge is 0.402 e. The van der Waals surface area contributed by atoms with Crippen LogP contribution in [0.1, 0.15) is 25.3 Å². The molecule has 0 bridgehead atoms. The van der Waals surface area contributed by atoms with E-state index in [9.17, 15) is 21.6 Å². The minimum atomic E-state index is -4.57. The van der Waals surface area contributed by atoms with Gasteiger partial charge in [0.25, 0.3) is 0 Å². The zero-order valence-electron chi connectivity index (χ0n) is 11.5. The van der Waals surface area contributed by atoms with Gasteiger partial charge in [0.05, 0.1) is 4.90 Å². The number of nitrogens with two attached hydrogens (primary N) is 1. The molecular formula is C13H17F3N2O2S.